The van der Waals surface area contributed by atoms with Crippen LogP contribution in [0, 0.1) is 17.2 Å². The summed E-state index contributed by atoms with van der Waals surface area (Å²) in [4.78, 5) is 14.2. The van der Waals surface area contributed by atoms with Gasteiger partial charge in [-0.05, 0) is 12.8 Å². The maximum atomic E-state index is 12.5. The summed E-state index contributed by atoms with van der Waals surface area (Å²) in [5.74, 6) is 0.183. The molecular weight excluding hydrogens is 242 g/mol. The Kier molecular flexibility index (Phi) is 5.37. The number of aromatic nitrogens is 2. The molecule has 0 aliphatic rings. The normalized spacial score (nSPS) is 10.5. The molecule has 6 nitrogen and oxygen atoms in total. The van der Waals surface area contributed by atoms with E-state index in [1.807, 2.05) is 20.8 Å². The molecular formula is C13H21N5O. The van der Waals surface area contributed by atoms with Gasteiger partial charge in [0.2, 0.25) is 0 Å². The highest BCUT2D eigenvalue weighted by atomic mass is 16.2. The zero-order chi connectivity index (χ0) is 14.4. The molecule has 0 saturated carbocycles. The molecule has 0 aromatic carbocycles. The molecule has 0 unspecified atom stereocenters. The highest BCUT2D eigenvalue weighted by Crippen LogP contribution is 2.15. The van der Waals surface area contributed by atoms with Crippen molar-refractivity contribution in [3.63, 3.8) is 0 Å². The molecule has 0 saturated heterocycles. The molecule has 104 valence electrons. The van der Waals surface area contributed by atoms with Gasteiger partial charge in [-0.1, -0.05) is 13.8 Å². The van der Waals surface area contributed by atoms with Crippen LogP contribution in [-0.4, -0.2) is 33.7 Å². The van der Waals surface area contributed by atoms with Crippen molar-refractivity contribution in [2.24, 2.45) is 5.92 Å². The number of anilines is 1. The minimum absolute atomic E-state index is 0.152. The highest BCUT2D eigenvalue weighted by molar-refractivity contribution is 5.97. The van der Waals surface area contributed by atoms with E-state index in [1.54, 1.807) is 9.58 Å². The monoisotopic (exact) mass is 263 g/mol. The fourth-order valence-electron chi connectivity index (χ4n) is 1.92. The van der Waals surface area contributed by atoms with Crippen LogP contribution in [0.5, 0.6) is 0 Å². The smallest absolute Gasteiger partial charge is 0.274 e. The first-order valence-corrected chi connectivity index (χ1v) is 6.48. The molecule has 1 rings (SSSR count). The number of nitrogen functional groups attached to an aromatic ring is 1. The molecule has 1 aromatic rings. The van der Waals surface area contributed by atoms with Gasteiger partial charge in [-0.2, -0.15) is 10.4 Å². The maximum absolute atomic E-state index is 12.5. The van der Waals surface area contributed by atoms with Crippen LogP contribution in [0.2, 0.25) is 0 Å². The second kappa shape index (κ2) is 6.78. The Hall–Kier alpha value is -2.03. The summed E-state index contributed by atoms with van der Waals surface area (Å²) in [5.41, 5.74) is 6.62. The average molecular weight is 263 g/mol. The third-order valence-corrected chi connectivity index (χ3v) is 2.74. The Morgan fingerprint density at radius 1 is 1.63 bits per heavy atom. The quantitative estimate of drug-likeness (QED) is 0.842. The van der Waals surface area contributed by atoms with E-state index in [2.05, 4.69) is 11.2 Å². The topological polar surface area (TPSA) is 87.9 Å². The van der Waals surface area contributed by atoms with Gasteiger partial charge in [-0.3, -0.25) is 9.48 Å². The summed E-state index contributed by atoms with van der Waals surface area (Å²) >= 11 is 0. The van der Waals surface area contributed by atoms with Crippen molar-refractivity contribution in [1.29, 1.82) is 5.26 Å². The number of nitriles is 1. The lowest BCUT2D eigenvalue weighted by Crippen LogP contribution is -2.36. The Morgan fingerprint density at radius 3 is 2.84 bits per heavy atom. The van der Waals surface area contributed by atoms with E-state index in [9.17, 15) is 4.79 Å². The van der Waals surface area contributed by atoms with Crippen molar-refractivity contribution < 1.29 is 4.79 Å². The highest BCUT2D eigenvalue weighted by Gasteiger charge is 2.22. The van der Waals surface area contributed by atoms with Crippen LogP contribution in [0.3, 0.4) is 0 Å². The lowest BCUT2D eigenvalue weighted by atomic mass is 10.2. The third-order valence-electron chi connectivity index (χ3n) is 2.74. The molecule has 0 spiro atoms. The summed E-state index contributed by atoms with van der Waals surface area (Å²) in [6.07, 6.45) is 1.81. The van der Waals surface area contributed by atoms with E-state index in [0.29, 0.717) is 43.4 Å². The molecule has 0 aliphatic carbocycles. The molecule has 0 bridgehead atoms. The summed E-state index contributed by atoms with van der Waals surface area (Å²) < 4.78 is 1.59. The fourth-order valence-corrected chi connectivity index (χ4v) is 1.92. The molecule has 0 radical (unpaired) electrons. The minimum atomic E-state index is -0.152. The molecule has 2 N–H and O–H groups in total. The van der Waals surface area contributed by atoms with Gasteiger partial charge in [-0.15, -0.1) is 0 Å². The Labute approximate surface area is 113 Å². The second-order valence-electron chi connectivity index (χ2n) is 4.82. The van der Waals surface area contributed by atoms with E-state index in [-0.39, 0.29) is 5.91 Å². The van der Waals surface area contributed by atoms with Crippen LogP contribution < -0.4 is 5.73 Å². The van der Waals surface area contributed by atoms with Crippen molar-refractivity contribution >= 4 is 11.6 Å². The first-order chi connectivity index (χ1) is 9.01. The molecule has 6 heteroatoms. The lowest BCUT2D eigenvalue weighted by molar-refractivity contribution is 0.0728. The van der Waals surface area contributed by atoms with Crippen molar-refractivity contribution in [3.8, 4) is 6.07 Å². The van der Waals surface area contributed by atoms with Crippen molar-refractivity contribution in [3.05, 3.63) is 11.9 Å². The predicted molar refractivity (Wildman–Crippen MR) is 73.3 cm³/mol. The van der Waals surface area contributed by atoms with Crippen LogP contribution in [0.1, 0.15) is 37.7 Å². The number of aryl methyl sites for hydroxylation is 1. The molecule has 1 aromatic heterocycles. The minimum Gasteiger partial charge on any atom is -0.396 e. The number of amides is 1. The lowest BCUT2D eigenvalue weighted by Gasteiger charge is -2.24. The average Bonchev–Trinajstić information content (AvgIpc) is 2.74. The first kappa shape index (κ1) is 15.0. The molecule has 0 fully saturated rings. The van der Waals surface area contributed by atoms with Crippen molar-refractivity contribution in [2.75, 3.05) is 18.8 Å². The largest absolute Gasteiger partial charge is 0.396 e. The van der Waals surface area contributed by atoms with Gasteiger partial charge in [0.05, 0.1) is 24.4 Å². The van der Waals surface area contributed by atoms with E-state index < -0.39 is 0 Å². The van der Waals surface area contributed by atoms with Gasteiger partial charge in [0.25, 0.3) is 5.91 Å². The zero-order valence-corrected chi connectivity index (χ0v) is 11.8. The SMILES string of the molecule is CCn1ncc(N)c1C(=O)N(CCC#N)CC(C)C. The third kappa shape index (κ3) is 3.71. The van der Waals surface area contributed by atoms with Crippen LogP contribution in [-0.2, 0) is 6.54 Å². The van der Waals surface area contributed by atoms with Crippen molar-refractivity contribution in [1.82, 2.24) is 14.7 Å². The maximum Gasteiger partial charge on any atom is 0.274 e. The first-order valence-electron chi connectivity index (χ1n) is 6.48. The fraction of sp³-hybridized carbons (Fsp3) is 0.615. The van der Waals surface area contributed by atoms with Crippen LogP contribution >= 0.6 is 0 Å². The molecule has 1 amide bonds. The van der Waals surface area contributed by atoms with Crippen LogP contribution in [0.15, 0.2) is 6.20 Å². The molecule has 0 aliphatic heterocycles. The summed E-state index contributed by atoms with van der Waals surface area (Å²) in [6.45, 7) is 7.59. The van der Waals surface area contributed by atoms with E-state index >= 15 is 0 Å². The van der Waals surface area contributed by atoms with E-state index in [0.717, 1.165) is 0 Å². The van der Waals surface area contributed by atoms with E-state index in [4.69, 9.17) is 11.0 Å². The Balaban J connectivity index is 2.97. The van der Waals surface area contributed by atoms with Crippen molar-refractivity contribution in [2.45, 2.75) is 33.7 Å². The number of nitrogens with zero attached hydrogens (tertiary/aromatic N) is 4. The Morgan fingerprint density at radius 2 is 2.32 bits per heavy atom. The molecule has 0 atom stereocenters. The zero-order valence-electron chi connectivity index (χ0n) is 11.8. The summed E-state index contributed by atoms with van der Waals surface area (Å²) in [6, 6.07) is 2.07. The van der Waals surface area contributed by atoms with Gasteiger partial charge in [-0.25, -0.2) is 0 Å². The number of hydrogen-bond donors (Lipinski definition) is 1. The number of carbonyl (C=O) groups is 1. The van der Waals surface area contributed by atoms with Gasteiger partial charge in [0.1, 0.15) is 5.69 Å². The van der Waals surface area contributed by atoms with Gasteiger partial charge < -0.3 is 10.6 Å². The van der Waals surface area contributed by atoms with E-state index in [1.165, 1.54) is 6.20 Å². The summed E-state index contributed by atoms with van der Waals surface area (Å²) in [7, 11) is 0. The van der Waals surface area contributed by atoms with Gasteiger partial charge in [0.15, 0.2) is 0 Å². The Bertz CT molecular complexity index is 472. The molecule has 19 heavy (non-hydrogen) atoms. The molecule has 1 heterocycles. The van der Waals surface area contributed by atoms with Crippen LogP contribution in [0.25, 0.3) is 0 Å². The number of carbonyl (C=O) groups excluding carboxylic acids is 1. The van der Waals surface area contributed by atoms with Crippen LogP contribution in [0.4, 0.5) is 5.69 Å². The number of hydrogen-bond acceptors (Lipinski definition) is 4. The van der Waals surface area contributed by atoms with Gasteiger partial charge in [0, 0.05) is 19.6 Å². The summed E-state index contributed by atoms with van der Waals surface area (Å²) in [5, 5.41) is 12.8. The second-order valence-corrected chi connectivity index (χ2v) is 4.82. The van der Waals surface area contributed by atoms with Gasteiger partial charge >= 0.3 is 0 Å². The standard InChI is InChI=1S/C13H21N5O/c1-4-18-12(11(15)8-16-18)13(19)17(7-5-6-14)9-10(2)3/h8,10H,4-5,7,9,15H2,1-3H3. The predicted octanol–water partition coefficient (Wildman–Crippen LogP) is 1.50. The number of nitrogens with two attached hydrogens (primary N) is 1. The number of rotatable bonds is 6.